The minimum Gasteiger partial charge on any atom is -0.493 e. The first kappa shape index (κ1) is 25.4. The van der Waals surface area contributed by atoms with Crippen molar-refractivity contribution in [2.45, 2.75) is 6.42 Å². The van der Waals surface area contributed by atoms with Gasteiger partial charge in [-0.05, 0) is 30.7 Å². The van der Waals surface area contributed by atoms with E-state index in [1.807, 2.05) is 18.3 Å². The molecular weight excluding hydrogens is 490 g/mol. The monoisotopic (exact) mass is 515 g/mol. The first-order valence-electron chi connectivity index (χ1n) is 11.3. The van der Waals surface area contributed by atoms with Crippen LogP contribution in [0.4, 0.5) is 0 Å². The summed E-state index contributed by atoms with van der Waals surface area (Å²) < 4.78 is 17.1. The Morgan fingerprint density at radius 1 is 1.14 bits per heavy atom. The van der Waals surface area contributed by atoms with E-state index in [0.29, 0.717) is 29.3 Å². The lowest BCUT2D eigenvalue weighted by Crippen LogP contribution is -2.37. The number of H-pyrrole nitrogens is 1. The first-order valence-corrected chi connectivity index (χ1v) is 11.3. The van der Waals surface area contributed by atoms with Crippen LogP contribution < -0.4 is 14.3 Å². The lowest BCUT2D eigenvalue weighted by atomic mass is 10.0. The average molecular weight is 516 g/mol. The van der Waals surface area contributed by atoms with Gasteiger partial charge in [0.25, 0.3) is 5.09 Å². The molecule has 190 valence electrons. The van der Waals surface area contributed by atoms with Gasteiger partial charge in [-0.25, -0.2) is 9.97 Å². The van der Waals surface area contributed by atoms with Crippen LogP contribution in [0.1, 0.15) is 6.42 Å². The summed E-state index contributed by atoms with van der Waals surface area (Å²) in [5.41, 5.74) is 2.93. The zero-order chi connectivity index (χ0) is 24.2. The summed E-state index contributed by atoms with van der Waals surface area (Å²) >= 11 is 0. The topological polar surface area (TPSA) is 125 Å². The summed E-state index contributed by atoms with van der Waals surface area (Å²) in [5, 5.41) is 11.5. The summed E-state index contributed by atoms with van der Waals surface area (Å²) in [5.74, 6) is 1.33. The van der Waals surface area contributed by atoms with E-state index >= 15 is 0 Å². The molecule has 0 saturated carbocycles. The number of fused-ring (bicyclic) bond motifs is 2. The second-order valence-corrected chi connectivity index (χ2v) is 8.12. The van der Waals surface area contributed by atoms with Gasteiger partial charge >= 0.3 is 0 Å². The molecule has 3 heterocycles. The highest BCUT2D eigenvalue weighted by atomic mass is 35.5. The van der Waals surface area contributed by atoms with Crippen molar-refractivity contribution in [2.75, 3.05) is 46.6 Å². The van der Waals surface area contributed by atoms with Gasteiger partial charge in [0, 0.05) is 53.8 Å². The molecule has 1 aliphatic rings. The first-order chi connectivity index (χ1) is 17.1. The highest BCUT2D eigenvalue weighted by Crippen LogP contribution is 2.38. The Kier molecular flexibility index (Phi) is 8.04. The standard InChI is InChI=1S/C24H25N5O6.ClH/c1-32-22-12-18-21(13-23(22)34-8-2-5-28-6-9-33-10-7-28)26-15-27-24(18)19-14-25-20-4-3-16(11-17(19)20)35-29(30)31;/h3-4,11-15,25H,2,5-10H2,1H3;1H. The molecule has 1 saturated heterocycles. The van der Waals surface area contributed by atoms with E-state index in [-0.39, 0.29) is 18.2 Å². The van der Waals surface area contributed by atoms with Gasteiger partial charge in [-0.1, -0.05) is 0 Å². The number of nitrogens with one attached hydrogen (secondary N) is 1. The Balaban J connectivity index is 0.00000304. The van der Waals surface area contributed by atoms with Crippen LogP contribution in [0.15, 0.2) is 42.9 Å². The Bertz CT molecular complexity index is 1360. The number of halogens is 1. The second-order valence-electron chi connectivity index (χ2n) is 8.12. The lowest BCUT2D eigenvalue weighted by Gasteiger charge is -2.26. The third-order valence-electron chi connectivity index (χ3n) is 5.99. The molecule has 0 bridgehead atoms. The molecule has 2 aromatic carbocycles. The molecule has 1 N–H and O–H groups in total. The molecule has 5 rings (SSSR count). The number of morpholine rings is 1. The maximum Gasteiger partial charge on any atom is 0.299 e. The molecule has 0 unspecified atom stereocenters. The van der Waals surface area contributed by atoms with Crippen LogP contribution >= 0.6 is 12.4 Å². The maximum atomic E-state index is 10.8. The predicted octanol–water partition coefficient (Wildman–Crippen LogP) is 3.88. The van der Waals surface area contributed by atoms with Gasteiger partial charge in [0.15, 0.2) is 11.5 Å². The summed E-state index contributed by atoms with van der Waals surface area (Å²) in [4.78, 5) is 29.9. The summed E-state index contributed by atoms with van der Waals surface area (Å²) in [7, 11) is 1.60. The van der Waals surface area contributed by atoms with Crippen LogP contribution in [0.2, 0.25) is 0 Å². The number of hydrogen-bond donors (Lipinski definition) is 1. The molecule has 0 aliphatic carbocycles. The number of rotatable bonds is 9. The van der Waals surface area contributed by atoms with Crippen LogP contribution in [0.25, 0.3) is 33.1 Å². The van der Waals surface area contributed by atoms with Crippen molar-refractivity contribution in [3.63, 3.8) is 0 Å². The van der Waals surface area contributed by atoms with Crippen molar-refractivity contribution in [1.82, 2.24) is 19.9 Å². The van der Waals surface area contributed by atoms with Gasteiger partial charge in [-0.15, -0.1) is 22.5 Å². The van der Waals surface area contributed by atoms with Crippen LogP contribution in [-0.2, 0) is 4.74 Å². The van der Waals surface area contributed by atoms with E-state index in [2.05, 4.69) is 24.7 Å². The highest BCUT2D eigenvalue weighted by Gasteiger charge is 2.17. The molecule has 1 fully saturated rings. The number of aromatic amines is 1. The quantitative estimate of drug-likeness (QED) is 0.201. The van der Waals surface area contributed by atoms with Crippen LogP contribution in [0.5, 0.6) is 17.2 Å². The molecule has 11 nitrogen and oxygen atoms in total. The fourth-order valence-electron chi connectivity index (χ4n) is 4.28. The summed E-state index contributed by atoms with van der Waals surface area (Å²) in [6.07, 6.45) is 4.19. The fraction of sp³-hybridized carbons (Fsp3) is 0.333. The predicted molar refractivity (Wildman–Crippen MR) is 136 cm³/mol. The molecule has 36 heavy (non-hydrogen) atoms. The van der Waals surface area contributed by atoms with Crippen molar-refractivity contribution in [3.8, 4) is 28.5 Å². The summed E-state index contributed by atoms with van der Waals surface area (Å²) in [6, 6.07) is 8.59. The zero-order valence-electron chi connectivity index (χ0n) is 19.6. The number of methoxy groups -OCH3 is 1. The molecule has 0 amide bonds. The third-order valence-corrected chi connectivity index (χ3v) is 5.99. The van der Waals surface area contributed by atoms with Gasteiger partial charge in [0.2, 0.25) is 0 Å². The Hall–Kier alpha value is -3.67. The van der Waals surface area contributed by atoms with Crippen molar-refractivity contribution in [1.29, 1.82) is 0 Å². The Morgan fingerprint density at radius 2 is 1.97 bits per heavy atom. The van der Waals surface area contributed by atoms with E-state index in [4.69, 9.17) is 14.2 Å². The second kappa shape index (κ2) is 11.4. The maximum absolute atomic E-state index is 10.8. The average Bonchev–Trinajstić information content (AvgIpc) is 3.29. The third kappa shape index (κ3) is 5.43. The molecule has 1 aliphatic heterocycles. The van der Waals surface area contributed by atoms with E-state index in [1.54, 1.807) is 19.2 Å². The minimum absolute atomic E-state index is 0. The summed E-state index contributed by atoms with van der Waals surface area (Å²) in [6.45, 7) is 4.97. The van der Waals surface area contributed by atoms with Crippen molar-refractivity contribution in [2.24, 2.45) is 0 Å². The molecular formula is C24H26ClN5O6. The number of nitrogens with zero attached hydrogens (tertiary/aromatic N) is 4. The van der Waals surface area contributed by atoms with E-state index in [0.717, 1.165) is 61.1 Å². The van der Waals surface area contributed by atoms with Gasteiger partial charge < -0.3 is 19.2 Å². The Labute approximate surface area is 212 Å². The van der Waals surface area contributed by atoms with Crippen molar-refractivity contribution >= 4 is 34.2 Å². The fourth-order valence-corrected chi connectivity index (χ4v) is 4.28. The van der Waals surface area contributed by atoms with E-state index < -0.39 is 5.09 Å². The van der Waals surface area contributed by atoms with Crippen molar-refractivity contribution < 1.29 is 24.1 Å². The molecule has 4 aromatic rings. The molecule has 12 heteroatoms. The molecule has 2 aromatic heterocycles. The number of aromatic nitrogens is 3. The largest absolute Gasteiger partial charge is 0.493 e. The smallest absolute Gasteiger partial charge is 0.299 e. The lowest BCUT2D eigenvalue weighted by molar-refractivity contribution is -0.711. The van der Waals surface area contributed by atoms with E-state index in [1.165, 1.54) is 12.4 Å². The molecule has 0 radical (unpaired) electrons. The Morgan fingerprint density at radius 3 is 2.75 bits per heavy atom. The number of ether oxygens (including phenoxy) is 3. The number of benzene rings is 2. The van der Waals surface area contributed by atoms with Crippen LogP contribution in [0, 0.1) is 10.1 Å². The van der Waals surface area contributed by atoms with Gasteiger partial charge in [-0.3, -0.25) is 9.74 Å². The molecule has 0 spiro atoms. The van der Waals surface area contributed by atoms with Crippen LogP contribution in [-0.4, -0.2) is 71.5 Å². The normalized spacial score (nSPS) is 13.9. The van der Waals surface area contributed by atoms with Crippen LogP contribution in [0.3, 0.4) is 0 Å². The molecule has 0 atom stereocenters. The van der Waals surface area contributed by atoms with Gasteiger partial charge in [-0.2, -0.15) is 0 Å². The van der Waals surface area contributed by atoms with Gasteiger partial charge in [0.1, 0.15) is 12.1 Å². The van der Waals surface area contributed by atoms with E-state index in [9.17, 15) is 10.1 Å². The van der Waals surface area contributed by atoms with Gasteiger partial charge in [0.05, 0.1) is 38.1 Å². The highest BCUT2D eigenvalue weighted by molar-refractivity contribution is 6.03. The zero-order valence-corrected chi connectivity index (χ0v) is 20.5. The number of hydrogen-bond acceptors (Lipinski definition) is 9. The SMILES string of the molecule is COc1cc2c(-c3c[nH]c4ccc(O[N+](=O)[O-])cc34)ncnc2cc1OCCCN1CCOCC1.Cl. The van der Waals surface area contributed by atoms with Crippen molar-refractivity contribution in [3.05, 3.63) is 53.0 Å². The minimum atomic E-state index is -0.832.